The number of nitrogens with one attached hydrogen (secondary N) is 1. The Hall–Kier alpha value is -4.36. The van der Waals surface area contributed by atoms with Crippen molar-refractivity contribution in [3.8, 4) is 17.2 Å². The lowest BCUT2D eigenvalue weighted by molar-refractivity contribution is -0.127. The Morgan fingerprint density at radius 2 is 1.70 bits per heavy atom. The summed E-state index contributed by atoms with van der Waals surface area (Å²) in [7, 11) is 0. The van der Waals surface area contributed by atoms with E-state index in [2.05, 4.69) is 10.5 Å². The molecule has 0 aromatic heterocycles. The Morgan fingerprint density at radius 1 is 0.946 bits per heavy atom. The minimum absolute atomic E-state index is 0.264. The van der Waals surface area contributed by atoms with E-state index in [1.54, 1.807) is 49.4 Å². The summed E-state index contributed by atoms with van der Waals surface area (Å²) in [6.45, 7) is 3.84. The normalized spacial score (nSPS) is 11.8. The van der Waals surface area contributed by atoms with Crippen LogP contribution >= 0.6 is 11.6 Å². The minimum atomic E-state index is -0.757. The molecule has 4 aromatic rings. The SMILES string of the molecule is CCOc1cc(/C=N/NC(=O)C(C)Oc2ccc3ccccc3c2)ccc1OC(=O)c1ccc(Cl)cc1. The summed E-state index contributed by atoms with van der Waals surface area (Å²) in [6, 6.07) is 24.9. The monoisotopic (exact) mass is 516 g/mol. The van der Waals surface area contributed by atoms with Crippen molar-refractivity contribution >= 4 is 40.5 Å². The van der Waals surface area contributed by atoms with Crippen LogP contribution in [0.25, 0.3) is 10.8 Å². The highest BCUT2D eigenvalue weighted by Gasteiger charge is 2.15. The molecule has 0 aliphatic rings. The Bertz CT molecular complexity index is 1440. The first-order chi connectivity index (χ1) is 17.9. The van der Waals surface area contributed by atoms with Crippen LogP contribution in [-0.4, -0.2) is 30.8 Å². The quantitative estimate of drug-likeness (QED) is 0.127. The molecule has 0 radical (unpaired) electrons. The van der Waals surface area contributed by atoms with Gasteiger partial charge in [0.25, 0.3) is 5.91 Å². The molecule has 188 valence electrons. The highest BCUT2D eigenvalue weighted by Crippen LogP contribution is 2.29. The Morgan fingerprint density at radius 3 is 2.46 bits per heavy atom. The molecular formula is C29H25ClN2O5. The van der Waals surface area contributed by atoms with E-state index in [1.807, 2.05) is 49.4 Å². The fourth-order valence-electron chi connectivity index (χ4n) is 3.46. The molecule has 0 spiro atoms. The largest absolute Gasteiger partial charge is 0.490 e. The van der Waals surface area contributed by atoms with Crippen LogP contribution in [-0.2, 0) is 4.79 Å². The smallest absolute Gasteiger partial charge is 0.343 e. The second-order valence-corrected chi connectivity index (χ2v) is 8.48. The van der Waals surface area contributed by atoms with Crippen molar-refractivity contribution in [3.05, 3.63) is 101 Å². The van der Waals surface area contributed by atoms with Gasteiger partial charge < -0.3 is 14.2 Å². The summed E-state index contributed by atoms with van der Waals surface area (Å²) in [5.74, 6) is 0.290. The molecule has 4 rings (SSSR count). The summed E-state index contributed by atoms with van der Waals surface area (Å²) < 4.78 is 16.9. The molecule has 0 saturated heterocycles. The van der Waals surface area contributed by atoms with Crippen LogP contribution in [0.5, 0.6) is 17.2 Å². The molecular weight excluding hydrogens is 492 g/mol. The molecule has 0 bridgehead atoms. The van der Waals surface area contributed by atoms with Crippen molar-refractivity contribution in [2.24, 2.45) is 5.10 Å². The number of ether oxygens (including phenoxy) is 3. The number of hydrazone groups is 1. The topological polar surface area (TPSA) is 86.2 Å². The molecule has 0 aliphatic heterocycles. The number of benzene rings is 4. The van der Waals surface area contributed by atoms with E-state index < -0.39 is 18.0 Å². The predicted octanol–water partition coefficient (Wildman–Crippen LogP) is 6.03. The third-order valence-electron chi connectivity index (χ3n) is 5.34. The van der Waals surface area contributed by atoms with Gasteiger partial charge in [-0.3, -0.25) is 4.79 Å². The van der Waals surface area contributed by atoms with Gasteiger partial charge in [-0.2, -0.15) is 5.10 Å². The van der Waals surface area contributed by atoms with Gasteiger partial charge in [-0.1, -0.05) is 41.9 Å². The molecule has 0 fully saturated rings. The fraction of sp³-hybridized carbons (Fsp3) is 0.138. The first-order valence-corrected chi connectivity index (χ1v) is 12.0. The number of halogens is 1. The lowest BCUT2D eigenvalue weighted by Crippen LogP contribution is -2.33. The van der Waals surface area contributed by atoms with E-state index in [4.69, 9.17) is 25.8 Å². The lowest BCUT2D eigenvalue weighted by atomic mass is 10.1. The van der Waals surface area contributed by atoms with Gasteiger partial charge in [0.15, 0.2) is 17.6 Å². The van der Waals surface area contributed by atoms with E-state index in [9.17, 15) is 9.59 Å². The maximum Gasteiger partial charge on any atom is 0.343 e. The Kier molecular flexibility index (Phi) is 8.38. The molecule has 7 nitrogen and oxygen atoms in total. The molecule has 0 heterocycles. The van der Waals surface area contributed by atoms with Crippen molar-refractivity contribution in [2.45, 2.75) is 20.0 Å². The van der Waals surface area contributed by atoms with Crippen LogP contribution in [0, 0.1) is 0 Å². The fourth-order valence-corrected chi connectivity index (χ4v) is 3.59. The Balaban J connectivity index is 1.37. The van der Waals surface area contributed by atoms with Crippen molar-refractivity contribution in [1.82, 2.24) is 5.43 Å². The number of fused-ring (bicyclic) bond motifs is 1. The van der Waals surface area contributed by atoms with E-state index >= 15 is 0 Å². The maximum absolute atomic E-state index is 12.5. The Labute approximate surface area is 219 Å². The highest BCUT2D eigenvalue weighted by molar-refractivity contribution is 6.30. The maximum atomic E-state index is 12.5. The van der Waals surface area contributed by atoms with Gasteiger partial charge in [0.1, 0.15) is 5.75 Å². The van der Waals surface area contributed by atoms with Gasteiger partial charge in [0.05, 0.1) is 18.4 Å². The van der Waals surface area contributed by atoms with Crippen LogP contribution < -0.4 is 19.6 Å². The number of amides is 1. The van der Waals surface area contributed by atoms with Crippen LogP contribution in [0.15, 0.2) is 90.0 Å². The number of hydrogen-bond acceptors (Lipinski definition) is 6. The number of carbonyl (C=O) groups is 2. The van der Waals surface area contributed by atoms with Crippen LogP contribution in [0.2, 0.25) is 5.02 Å². The average Bonchev–Trinajstić information content (AvgIpc) is 2.90. The number of rotatable bonds is 9. The van der Waals surface area contributed by atoms with Crippen molar-refractivity contribution in [3.63, 3.8) is 0 Å². The summed E-state index contributed by atoms with van der Waals surface area (Å²) in [4.78, 5) is 24.9. The predicted molar refractivity (Wildman–Crippen MR) is 144 cm³/mol. The van der Waals surface area contributed by atoms with E-state index in [0.29, 0.717) is 34.3 Å². The van der Waals surface area contributed by atoms with Crippen molar-refractivity contribution in [1.29, 1.82) is 0 Å². The molecule has 4 aromatic carbocycles. The minimum Gasteiger partial charge on any atom is -0.490 e. The zero-order valence-electron chi connectivity index (χ0n) is 20.3. The van der Waals surface area contributed by atoms with E-state index in [-0.39, 0.29) is 5.75 Å². The summed E-state index contributed by atoms with van der Waals surface area (Å²) in [6.07, 6.45) is 0.709. The number of hydrogen-bond donors (Lipinski definition) is 1. The molecule has 0 aliphatic carbocycles. The van der Waals surface area contributed by atoms with Gasteiger partial charge in [0.2, 0.25) is 0 Å². The van der Waals surface area contributed by atoms with E-state index in [1.165, 1.54) is 6.21 Å². The van der Waals surface area contributed by atoms with Crippen LogP contribution in [0.1, 0.15) is 29.8 Å². The van der Waals surface area contributed by atoms with Crippen LogP contribution in [0.4, 0.5) is 0 Å². The van der Waals surface area contributed by atoms with Gasteiger partial charge in [-0.15, -0.1) is 0 Å². The molecule has 8 heteroatoms. The van der Waals surface area contributed by atoms with E-state index in [0.717, 1.165) is 10.8 Å². The average molecular weight is 517 g/mol. The summed E-state index contributed by atoms with van der Waals surface area (Å²) in [5.41, 5.74) is 3.48. The third kappa shape index (κ3) is 6.86. The molecule has 1 atom stereocenters. The summed E-state index contributed by atoms with van der Waals surface area (Å²) in [5, 5.41) is 6.66. The second-order valence-electron chi connectivity index (χ2n) is 8.04. The van der Waals surface area contributed by atoms with Gasteiger partial charge in [-0.05, 0) is 84.8 Å². The first-order valence-electron chi connectivity index (χ1n) is 11.7. The molecule has 0 saturated carbocycles. The zero-order chi connectivity index (χ0) is 26.2. The summed E-state index contributed by atoms with van der Waals surface area (Å²) >= 11 is 5.88. The highest BCUT2D eigenvalue weighted by atomic mass is 35.5. The molecule has 1 unspecified atom stereocenters. The number of carbonyl (C=O) groups excluding carboxylic acids is 2. The van der Waals surface area contributed by atoms with Gasteiger partial charge in [-0.25, -0.2) is 10.2 Å². The van der Waals surface area contributed by atoms with Crippen molar-refractivity contribution in [2.75, 3.05) is 6.61 Å². The molecule has 1 N–H and O–H groups in total. The number of nitrogens with zero attached hydrogens (tertiary/aromatic N) is 1. The molecule has 1 amide bonds. The van der Waals surface area contributed by atoms with Gasteiger partial charge in [0, 0.05) is 5.02 Å². The number of esters is 1. The molecule has 37 heavy (non-hydrogen) atoms. The van der Waals surface area contributed by atoms with Crippen molar-refractivity contribution < 1.29 is 23.8 Å². The van der Waals surface area contributed by atoms with Crippen LogP contribution in [0.3, 0.4) is 0 Å². The third-order valence-corrected chi connectivity index (χ3v) is 5.59. The van der Waals surface area contributed by atoms with Gasteiger partial charge >= 0.3 is 5.97 Å². The standard InChI is InChI=1S/C29H25ClN2O5/c1-3-35-27-16-20(8-15-26(27)37-29(34)22-9-12-24(30)13-10-22)18-31-32-28(33)19(2)36-25-14-11-21-6-4-5-7-23(21)17-25/h4-19H,3H2,1-2H3,(H,32,33)/b31-18+. The lowest BCUT2D eigenvalue weighted by Gasteiger charge is -2.13. The second kappa shape index (κ2) is 12.1. The zero-order valence-corrected chi connectivity index (χ0v) is 21.1. The first kappa shape index (κ1) is 25.7.